The Labute approximate surface area is 138 Å². The fourth-order valence-corrected chi connectivity index (χ4v) is 4.38. The molecule has 0 radical (unpaired) electrons. The summed E-state index contributed by atoms with van der Waals surface area (Å²) in [6.45, 7) is 3.87. The summed E-state index contributed by atoms with van der Waals surface area (Å²) in [6, 6.07) is 0.419. The molecule has 1 saturated heterocycles. The van der Waals surface area contributed by atoms with Crippen molar-refractivity contribution in [2.24, 2.45) is 0 Å². The second-order valence-electron chi connectivity index (χ2n) is 5.88. The molecule has 2 aromatic rings. The van der Waals surface area contributed by atoms with Crippen molar-refractivity contribution in [1.82, 2.24) is 25.1 Å². The highest BCUT2D eigenvalue weighted by atomic mass is 35.5. The predicted octanol–water partition coefficient (Wildman–Crippen LogP) is 2.09. The molecular formula is C14H19ClN6S. The molecule has 4 heterocycles. The van der Waals surface area contributed by atoms with Crippen LogP contribution in [0.2, 0.25) is 5.15 Å². The van der Waals surface area contributed by atoms with Gasteiger partial charge < -0.3 is 10.2 Å². The molecule has 4 rings (SSSR count). The Morgan fingerprint density at radius 3 is 3.09 bits per heavy atom. The fraction of sp³-hybridized carbons (Fsp3) is 0.643. The number of halogens is 1. The summed E-state index contributed by atoms with van der Waals surface area (Å²) < 4.78 is 1.99. The van der Waals surface area contributed by atoms with Crippen molar-refractivity contribution in [3.05, 3.63) is 22.2 Å². The zero-order chi connectivity index (χ0) is 14.9. The maximum atomic E-state index is 6.31. The minimum absolute atomic E-state index is 0.419. The number of aromatic nitrogens is 4. The zero-order valence-corrected chi connectivity index (χ0v) is 13.9. The maximum absolute atomic E-state index is 6.31. The van der Waals surface area contributed by atoms with Gasteiger partial charge in [-0.1, -0.05) is 22.9 Å². The van der Waals surface area contributed by atoms with E-state index in [2.05, 4.69) is 25.3 Å². The van der Waals surface area contributed by atoms with Gasteiger partial charge >= 0.3 is 0 Å². The molecule has 0 aliphatic carbocycles. The van der Waals surface area contributed by atoms with Crippen LogP contribution < -0.4 is 10.2 Å². The van der Waals surface area contributed by atoms with Crippen LogP contribution in [-0.4, -0.2) is 38.9 Å². The molecule has 1 fully saturated rings. The van der Waals surface area contributed by atoms with Crippen molar-refractivity contribution in [2.75, 3.05) is 18.0 Å². The van der Waals surface area contributed by atoms with Crippen LogP contribution in [0.4, 0.5) is 5.13 Å². The lowest BCUT2D eigenvalue weighted by Gasteiger charge is -2.23. The van der Waals surface area contributed by atoms with Crippen molar-refractivity contribution < 1.29 is 0 Å². The largest absolute Gasteiger partial charge is 0.348 e. The molecule has 22 heavy (non-hydrogen) atoms. The van der Waals surface area contributed by atoms with Gasteiger partial charge in [-0.2, -0.15) is 5.10 Å². The van der Waals surface area contributed by atoms with Gasteiger partial charge in [0.1, 0.15) is 17.3 Å². The second kappa shape index (κ2) is 6.14. The van der Waals surface area contributed by atoms with Gasteiger partial charge in [0.2, 0.25) is 0 Å². The minimum atomic E-state index is 0.419. The topological polar surface area (TPSA) is 58.9 Å². The predicted molar refractivity (Wildman–Crippen MR) is 87.5 cm³/mol. The van der Waals surface area contributed by atoms with Gasteiger partial charge in [0, 0.05) is 32.1 Å². The summed E-state index contributed by atoms with van der Waals surface area (Å²) in [7, 11) is 0. The molecule has 0 saturated carbocycles. The van der Waals surface area contributed by atoms with Crippen LogP contribution in [0.15, 0.2) is 6.33 Å². The van der Waals surface area contributed by atoms with Crippen LogP contribution in [-0.2, 0) is 19.5 Å². The number of anilines is 1. The third-order valence-electron chi connectivity index (χ3n) is 4.37. The van der Waals surface area contributed by atoms with Gasteiger partial charge in [-0.3, -0.25) is 0 Å². The molecule has 2 aliphatic rings. The minimum Gasteiger partial charge on any atom is -0.348 e. The molecule has 118 valence electrons. The molecule has 1 N–H and O–H groups in total. The van der Waals surface area contributed by atoms with E-state index in [1.54, 1.807) is 17.7 Å². The molecule has 0 amide bonds. The number of nitrogens with one attached hydrogen (secondary N) is 1. The van der Waals surface area contributed by atoms with E-state index in [1.165, 1.54) is 12.8 Å². The first-order valence-corrected chi connectivity index (χ1v) is 8.99. The average molecular weight is 339 g/mol. The Morgan fingerprint density at radius 2 is 2.23 bits per heavy atom. The number of rotatable bonds is 4. The first kappa shape index (κ1) is 14.4. The monoisotopic (exact) mass is 338 g/mol. The number of fused-ring (bicyclic) bond motifs is 1. The molecule has 1 unspecified atom stereocenters. The lowest BCUT2D eigenvalue weighted by molar-refractivity contribution is 0.359. The van der Waals surface area contributed by atoms with Crippen molar-refractivity contribution in [3.8, 4) is 0 Å². The number of thiazole rings is 1. The lowest BCUT2D eigenvalue weighted by Crippen LogP contribution is -2.37. The highest BCUT2D eigenvalue weighted by Crippen LogP contribution is 2.31. The van der Waals surface area contributed by atoms with Gasteiger partial charge in [0.05, 0.1) is 11.4 Å². The molecule has 0 bridgehead atoms. The molecule has 0 aromatic carbocycles. The Morgan fingerprint density at radius 1 is 1.36 bits per heavy atom. The number of nitrogens with zero attached hydrogens (tertiary/aromatic N) is 5. The number of hydrogen-bond donors (Lipinski definition) is 1. The van der Waals surface area contributed by atoms with E-state index in [-0.39, 0.29) is 0 Å². The average Bonchev–Trinajstić information content (AvgIpc) is 3.25. The summed E-state index contributed by atoms with van der Waals surface area (Å²) in [5.74, 6) is 1.09. The normalized spacial score (nSPS) is 21.3. The van der Waals surface area contributed by atoms with Crippen molar-refractivity contribution in [2.45, 2.75) is 44.8 Å². The standard InChI is InChI=1S/C14H19ClN6S/c15-13-11(22-14(19-13)20-5-1-2-6-20)7-16-10-3-4-12-17-9-18-21(12)8-10/h9-10,16H,1-8H2. The van der Waals surface area contributed by atoms with Crippen LogP contribution >= 0.6 is 22.9 Å². The fourth-order valence-electron chi connectivity index (χ4n) is 3.12. The number of hydrogen-bond acceptors (Lipinski definition) is 6. The quantitative estimate of drug-likeness (QED) is 0.925. The second-order valence-corrected chi connectivity index (χ2v) is 7.30. The van der Waals surface area contributed by atoms with Gasteiger partial charge in [0.15, 0.2) is 5.13 Å². The van der Waals surface area contributed by atoms with E-state index >= 15 is 0 Å². The summed E-state index contributed by atoms with van der Waals surface area (Å²) in [6.07, 6.45) is 6.22. The van der Waals surface area contributed by atoms with Crippen molar-refractivity contribution in [3.63, 3.8) is 0 Å². The van der Waals surface area contributed by atoms with Gasteiger partial charge in [0.25, 0.3) is 0 Å². The highest BCUT2D eigenvalue weighted by Gasteiger charge is 2.21. The van der Waals surface area contributed by atoms with E-state index < -0.39 is 0 Å². The first-order valence-electron chi connectivity index (χ1n) is 7.80. The summed E-state index contributed by atoms with van der Waals surface area (Å²) in [4.78, 5) is 12.3. The third-order valence-corrected chi connectivity index (χ3v) is 5.91. The molecular weight excluding hydrogens is 320 g/mol. The Kier molecular flexibility index (Phi) is 4.02. The van der Waals surface area contributed by atoms with Crippen LogP contribution in [0.25, 0.3) is 0 Å². The molecule has 1 atom stereocenters. The van der Waals surface area contributed by atoms with E-state index in [4.69, 9.17) is 11.6 Å². The zero-order valence-electron chi connectivity index (χ0n) is 12.3. The van der Waals surface area contributed by atoms with E-state index in [0.29, 0.717) is 11.2 Å². The highest BCUT2D eigenvalue weighted by molar-refractivity contribution is 7.16. The van der Waals surface area contributed by atoms with Crippen LogP contribution in [0.3, 0.4) is 0 Å². The van der Waals surface area contributed by atoms with Crippen LogP contribution in [0.5, 0.6) is 0 Å². The van der Waals surface area contributed by atoms with Crippen LogP contribution in [0, 0.1) is 0 Å². The van der Waals surface area contributed by atoms with Gasteiger partial charge in [-0.15, -0.1) is 0 Å². The summed E-state index contributed by atoms with van der Waals surface area (Å²) in [5.41, 5.74) is 0. The Balaban J connectivity index is 1.38. The van der Waals surface area contributed by atoms with E-state index in [9.17, 15) is 0 Å². The Hall–Kier alpha value is -1.18. The number of aryl methyl sites for hydroxylation is 1. The van der Waals surface area contributed by atoms with Crippen molar-refractivity contribution >= 4 is 28.1 Å². The first-order chi connectivity index (χ1) is 10.8. The molecule has 0 spiro atoms. The van der Waals surface area contributed by atoms with Gasteiger partial charge in [-0.05, 0) is 19.3 Å². The maximum Gasteiger partial charge on any atom is 0.187 e. The van der Waals surface area contributed by atoms with E-state index in [1.807, 2.05) is 4.68 Å². The van der Waals surface area contributed by atoms with Crippen LogP contribution in [0.1, 0.15) is 30.0 Å². The molecule has 2 aliphatic heterocycles. The molecule has 6 nitrogen and oxygen atoms in total. The third kappa shape index (κ3) is 2.85. The summed E-state index contributed by atoms with van der Waals surface area (Å²) >= 11 is 8.03. The molecule has 8 heteroatoms. The van der Waals surface area contributed by atoms with E-state index in [0.717, 1.165) is 54.9 Å². The van der Waals surface area contributed by atoms with Crippen molar-refractivity contribution in [1.29, 1.82) is 0 Å². The summed E-state index contributed by atoms with van der Waals surface area (Å²) in [5, 5.41) is 9.57. The SMILES string of the molecule is Clc1nc(N2CCCC2)sc1CNC1CCc2ncnn2C1. The smallest absolute Gasteiger partial charge is 0.187 e. The Bertz CT molecular complexity index is 648. The lowest BCUT2D eigenvalue weighted by atomic mass is 10.1. The molecule has 2 aromatic heterocycles. The van der Waals surface area contributed by atoms with Gasteiger partial charge in [-0.25, -0.2) is 14.6 Å².